The Kier molecular flexibility index (Phi) is 8.61. The van der Waals surface area contributed by atoms with Gasteiger partial charge in [-0.15, -0.1) is 0 Å². The summed E-state index contributed by atoms with van der Waals surface area (Å²) >= 11 is 0. The van der Waals surface area contributed by atoms with E-state index in [1.54, 1.807) is 18.2 Å². The number of hydrogen-bond acceptors (Lipinski definition) is 5. The van der Waals surface area contributed by atoms with E-state index in [2.05, 4.69) is 11.9 Å². The number of carbonyl (C=O) groups is 1. The Morgan fingerprint density at radius 3 is 2.60 bits per heavy atom. The molecule has 0 spiro atoms. The third kappa shape index (κ3) is 6.13. The number of ether oxygens (including phenoxy) is 1. The summed E-state index contributed by atoms with van der Waals surface area (Å²) in [4.78, 5) is 10.6. The van der Waals surface area contributed by atoms with Crippen LogP contribution in [0.4, 0.5) is 0 Å². The van der Waals surface area contributed by atoms with Crippen molar-refractivity contribution in [3.8, 4) is 5.75 Å². The van der Waals surface area contributed by atoms with Gasteiger partial charge in [0.05, 0.1) is 11.5 Å². The van der Waals surface area contributed by atoms with Crippen LogP contribution in [0.2, 0.25) is 0 Å². The van der Waals surface area contributed by atoms with Crippen LogP contribution in [0.5, 0.6) is 5.75 Å². The summed E-state index contributed by atoms with van der Waals surface area (Å²) in [6, 6.07) is 9.95. The van der Waals surface area contributed by atoms with E-state index in [1.807, 2.05) is 12.1 Å². The number of hydrogen-bond donors (Lipinski definition) is 1. The molecular weight excluding hydrogens is 353 g/mol. The number of nitrogens with one attached hydrogen (secondary N) is 1. The normalized spacial score (nSPS) is 10.8. The summed E-state index contributed by atoms with van der Waals surface area (Å²) in [5, 5.41) is 4.01. The molecule has 0 fully saturated rings. The molecule has 2 rings (SSSR count). The predicted octanol–water partition coefficient (Wildman–Crippen LogP) is -0.791. The molecule has 1 amide bonds. The van der Waals surface area contributed by atoms with Crippen molar-refractivity contribution in [1.82, 2.24) is 5.32 Å². The average molecular weight is 371 g/mol. The van der Waals surface area contributed by atoms with Crippen LogP contribution in [-0.4, -0.2) is 32.0 Å². The first-order chi connectivity index (χ1) is 11.4. The zero-order valence-electron chi connectivity index (χ0n) is 14.0. The second-order valence-electron chi connectivity index (χ2n) is 5.12. The fraction of sp³-hybridized carbons (Fsp3) is 0.235. The van der Waals surface area contributed by atoms with Crippen molar-refractivity contribution in [2.45, 2.75) is 17.7 Å². The molecule has 0 heterocycles. The van der Waals surface area contributed by atoms with Gasteiger partial charge in [-0.05, 0) is 30.4 Å². The van der Waals surface area contributed by atoms with Gasteiger partial charge >= 0.3 is 29.6 Å². The number of unbranched alkanes of at least 4 members (excludes halogenated alkanes) is 1. The van der Waals surface area contributed by atoms with Gasteiger partial charge in [0.15, 0.2) is 0 Å². The smallest absolute Gasteiger partial charge is 0.744 e. The molecule has 0 bridgehead atoms. The van der Waals surface area contributed by atoms with Crippen molar-refractivity contribution in [1.29, 1.82) is 0 Å². The Bertz CT molecular complexity index is 851. The number of amides is 1. The third-order valence-corrected chi connectivity index (χ3v) is 4.28. The van der Waals surface area contributed by atoms with Gasteiger partial charge in [-0.2, -0.15) is 0 Å². The van der Waals surface area contributed by atoms with E-state index < -0.39 is 10.1 Å². The van der Waals surface area contributed by atoms with Crippen LogP contribution in [0, 0.1) is 0 Å². The molecule has 0 aromatic heterocycles. The van der Waals surface area contributed by atoms with Crippen LogP contribution in [0.3, 0.4) is 0 Å². The molecule has 0 aliphatic rings. The molecule has 1 N–H and O–H groups in total. The summed E-state index contributed by atoms with van der Waals surface area (Å²) in [5.74, 6) is -0.164. The molecule has 6 nitrogen and oxygen atoms in total. The molecule has 0 unspecified atom stereocenters. The molecule has 0 aliphatic carbocycles. The number of carbonyl (C=O) groups excluding carboxylic acids is 1. The number of rotatable bonds is 8. The molecule has 0 saturated carbocycles. The molecule has 128 valence electrons. The minimum absolute atomic E-state index is 0. The molecule has 0 atom stereocenters. The standard InChI is InChI=1S/C17H19NO5S.Na/c1-2-16(19)18-11-5-6-12-23-17-14-8-4-3-7-13(14)9-10-15(17)24(20,21)22;/h2-4,7-10H,1,5-6,11-12H2,(H,18,19)(H,20,21,22);/q;+1/p-1. The van der Waals surface area contributed by atoms with E-state index in [-0.39, 0.29) is 52.7 Å². The molecule has 25 heavy (non-hydrogen) atoms. The van der Waals surface area contributed by atoms with Gasteiger partial charge < -0.3 is 14.6 Å². The Balaban J connectivity index is 0.00000312. The fourth-order valence-corrected chi connectivity index (χ4v) is 2.88. The van der Waals surface area contributed by atoms with E-state index in [1.165, 1.54) is 12.1 Å². The zero-order valence-corrected chi connectivity index (χ0v) is 16.8. The summed E-state index contributed by atoms with van der Waals surface area (Å²) in [7, 11) is -4.63. The van der Waals surface area contributed by atoms with E-state index in [0.717, 1.165) is 5.39 Å². The first-order valence-electron chi connectivity index (χ1n) is 7.44. The maximum atomic E-state index is 11.4. The first-order valence-corrected chi connectivity index (χ1v) is 8.85. The monoisotopic (exact) mass is 371 g/mol. The van der Waals surface area contributed by atoms with Gasteiger partial charge in [0, 0.05) is 11.9 Å². The molecule has 0 radical (unpaired) electrons. The van der Waals surface area contributed by atoms with E-state index in [0.29, 0.717) is 24.8 Å². The Morgan fingerprint density at radius 2 is 1.92 bits per heavy atom. The SMILES string of the molecule is C=CC(=O)NCCCCOc1c(S(=O)(=O)[O-])ccc2ccccc12.[Na+]. The van der Waals surface area contributed by atoms with Crippen LogP contribution < -0.4 is 39.6 Å². The number of benzene rings is 2. The van der Waals surface area contributed by atoms with Crippen molar-refractivity contribution < 1.29 is 52.1 Å². The fourth-order valence-electron chi connectivity index (χ4n) is 2.25. The van der Waals surface area contributed by atoms with Crippen LogP contribution in [0.15, 0.2) is 53.9 Å². The van der Waals surface area contributed by atoms with Crippen molar-refractivity contribution in [3.63, 3.8) is 0 Å². The van der Waals surface area contributed by atoms with Gasteiger partial charge in [-0.3, -0.25) is 4.79 Å². The largest absolute Gasteiger partial charge is 1.00 e. The molecule has 0 saturated heterocycles. The van der Waals surface area contributed by atoms with Crippen LogP contribution in [-0.2, 0) is 14.9 Å². The molecule has 8 heteroatoms. The van der Waals surface area contributed by atoms with Crippen LogP contribution in [0.25, 0.3) is 10.8 Å². The average Bonchev–Trinajstić information content (AvgIpc) is 2.56. The third-order valence-electron chi connectivity index (χ3n) is 3.41. The van der Waals surface area contributed by atoms with Crippen molar-refractivity contribution in [2.24, 2.45) is 0 Å². The maximum absolute atomic E-state index is 11.4. The summed E-state index contributed by atoms with van der Waals surface area (Å²) in [6.45, 7) is 4.06. The molecule has 0 aliphatic heterocycles. The predicted molar refractivity (Wildman–Crippen MR) is 89.8 cm³/mol. The first kappa shape index (κ1) is 21.7. The quantitative estimate of drug-likeness (QED) is 0.284. The van der Waals surface area contributed by atoms with E-state index >= 15 is 0 Å². The maximum Gasteiger partial charge on any atom is 1.00 e. The van der Waals surface area contributed by atoms with Gasteiger partial charge in [-0.25, -0.2) is 8.42 Å². The minimum atomic E-state index is -4.63. The molecular formula is C17H18NNaO5S. The zero-order chi connectivity index (χ0) is 17.6. The van der Waals surface area contributed by atoms with Crippen LogP contribution >= 0.6 is 0 Å². The minimum Gasteiger partial charge on any atom is -0.744 e. The summed E-state index contributed by atoms with van der Waals surface area (Å²) in [6.07, 6.45) is 2.45. The van der Waals surface area contributed by atoms with Crippen molar-refractivity contribution >= 4 is 26.8 Å². The van der Waals surface area contributed by atoms with Gasteiger partial charge in [0.25, 0.3) is 0 Å². The second kappa shape index (κ2) is 9.94. The van der Waals surface area contributed by atoms with Gasteiger partial charge in [0.1, 0.15) is 15.9 Å². The van der Waals surface area contributed by atoms with E-state index in [4.69, 9.17) is 4.74 Å². The second-order valence-corrected chi connectivity index (χ2v) is 6.47. The van der Waals surface area contributed by atoms with Crippen molar-refractivity contribution in [3.05, 3.63) is 49.1 Å². The van der Waals surface area contributed by atoms with Gasteiger partial charge in [0.2, 0.25) is 5.91 Å². The van der Waals surface area contributed by atoms with Crippen molar-refractivity contribution in [2.75, 3.05) is 13.2 Å². The van der Waals surface area contributed by atoms with Crippen LogP contribution in [0.1, 0.15) is 12.8 Å². The molecule has 2 aromatic rings. The Hall–Kier alpha value is -1.38. The molecule has 2 aromatic carbocycles. The summed E-state index contributed by atoms with van der Waals surface area (Å²) in [5.41, 5.74) is 0. The Labute approximate surface area is 169 Å². The number of fused-ring (bicyclic) bond motifs is 1. The summed E-state index contributed by atoms with van der Waals surface area (Å²) < 4.78 is 39.9. The topological polar surface area (TPSA) is 95.5 Å². The Morgan fingerprint density at radius 1 is 1.20 bits per heavy atom. The van der Waals surface area contributed by atoms with Gasteiger partial charge in [-0.1, -0.05) is 36.9 Å². The van der Waals surface area contributed by atoms with E-state index in [9.17, 15) is 17.8 Å².